The van der Waals surface area contributed by atoms with Gasteiger partial charge in [-0.25, -0.2) is 0 Å². The van der Waals surface area contributed by atoms with Gasteiger partial charge < -0.3 is 15.6 Å². The third kappa shape index (κ3) is 3.31. The molecule has 0 bridgehead atoms. The zero-order chi connectivity index (χ0) is 13.0. The zero-order valence-electron chi connectivity index (χ0n) is 8.48. The molecule has 7 heteroatoms. The number of nitrogens with two attached hydrogens (primary N) is 1. The molecule has 0 aliphatic heterocycles. The van der Waals surface area contributed by atoms with Crippen LogP contribution in [0, 0.1) is 11.3 Å². The topological polar surface area (TPSA) is 96.3 Å². The summed E-state index contributed by atoms with van der Waals surface area (Å²) in [5, 5.41) is 17.3. The van der Waals surface area contributed by atoms with Crippen LogP contribution in [0.1, 0.15) is 11.1 Å². The number of carboxylic acid groups (broad SMARTS) is 1. The van der Waals surface area contributed by atoms with E-state index < -0.39 is 19.0 Å². The highest BCUT2D eigenvalue weighted by Gasteiger charge is 2.13. The second kappa shape index (κ2) is 5.12. The summed E-state index contributed by atoms with van der Waals surface area (Å²) in [7, 11) is 0. The Morgan fingerprint density at radius 3 is 2.71 bits per heavy atom. The van der Waals surface area contributed by atoms with E-state index in [-0.39, 0.29) is 22.6 Å². The third-order valence-corrected chi connectivity index (χ3v) is 1.93. The van der Waals surface area contributed by atoms with E-state index in [1.54, 1.807) is 6.07 Å². The molecule has 0 radical (unpaired) electrons. The molecule has 90 valence electrons. The van der Waals surface area contributed by atoms with E-state index in [4.69, 9.17) is 16.1 Å². The smallest absolute Gasteiger partial charge is 0.387 e. The Hall–Kier alpha value is -2.36. The first-order chi connectivity index (χ1) is 7.93. The lowest BCUT2D eigenvalue weighted by molar-refractivity contribution is -0.136. The standard InChI is InChI=1S/C10H8F2N2O3/c11-10(12)17-7-1-5(3-8(15)16)9(14)6(2-7)4-13/h1-2,10H,3,14H2,(H,15,16). The average molecular weight is 242 g/mol. The number of anilines is 1. The van der Waals surface area contributed by atoms with Crippen molar-refractivity contribution in [3.8, 4) is 11.8 Å². The number of halogens is 2. The van der Waals surface area contributed by atoms with Gasteiger partial charge in [-0.3, -0.25) is 4.79 Å². The van der Waals surface area contributed by atoms with Crippen LogP contribution < -0.4 is 10.5 Å². The molecular weight excluding hydrogens is 234 g/mol. The van der Waals surface area contributed by atoms with Crippen LogP contribution in [0.3, 0.4) is 0 Å². The van der Waals surface area contributed by atoms with E-state index in [9.17, 15) is 13.6 Å². The molecule has 0 heterocycles. The number of rotatable bonds is 4. The van der Waals surface area contributed by atoms with Crippen molar-refractivity contribution in [1.82, 2.24) is 0 Å². The van der Waals surface area contributed by atoms with Gasteiger partial charge in [0.15, 0.2) is 0 Å². The lowest BCUT2D eigenvalue weighted by Crippen LogP contribution is -2.08. The van der Waals surface area contributed by atoms with Crippen molar-refractivity contribution in [2.45, 2.75) is 13.0 Å². The summed E-state index contributed by atoms with van der Waals surface area (Å²) in [4.78, 5) is 10.5. The fourth-order valence-electron chi connectivity index (χ4n) is 1.26. The van der Waals surface area contributed by atoms with Crippen molar-refractivity contribution >= 4 is 11.7 Å². The van der Waals surface area contributed by atoms with Crippen LogP contribution in [0.15, 0.2) is 12.1 Å². The van der Waals surface area contributed by atoms with Gasteiger partial charge in [-0.05, 0) is 11.6 Å². The molecule has 0 saturated carbocycles. The first-order valence-electron chi connectivity index (χ1n) is 4.43. The molecule has 1 rings (SSSR count). The van der Waals surface area contributed by atoms with Crippen molar-refractivity contribution in [3.05, 3.63) is 23.3 Å². The number of aliphatic carboxylic acids is 1. The summed E-state index contributed by atoms with van der Waals surface area (Å²) < 4.78 is 28.1. The highest BCUT2D eigenvalue weighted by molar-refractivity contribution is 5.75. The molecule has 0 spiro atoms. The zero-order valence-corrected chi connectivity index (χ0v) is 8.48. The lowest BCUT2D eigenvalue weighted by Gasteiger charge is -2.10. The Kier molecular flexibility index (Phi) is 3.82. The summed E-state index contributed by atoms with van der Waals surface area (Å²) in [6.45, 7) is -3.05. The highest BCUT2D eigenvalue weighted by atomic mass is 19.3. The molecule has 0 amide bonds. The summed E-state index contributed by atoms with van der Waals surface area (Å²) in [6, 6.07) is 3.79. The number of nitrogens with zero attached hydrogens (tertiary/aromatic N) is 1. The number of ether oxygens (including phenoxy) is 1. The number of nitriles is 1. The van der Waals surface area contributed by atoms with Gasteiger partial charge >= 0.3 is 12.6 Å². The maximum absolute atomic E-state index is 12.0. The number of alkyl halides is 2. The van der Waals surface area contributed by atoms with Gasteiger partial charge in [0.1, 0.15) is 11.8 Å². The maximum atomic E-state index is 12.0. The number of hydrogen-bond donors (Lipinski definition) is 2. The van der Waals surface area contributed by atoms with Crippen LogP contribution in [0.5, 0.6) is 5.75 Å². The molecule has 3 N–H and O–H groups in total. The monoisotopic (exact) mass is 242 g/mol. The molecule has 1 aromatic carbocycles. The minimum Gasteiger partial charge on any atom is -0.481 e. The Morgan fingerprint density at radius 1 is 1.59 bits per heavy atom. The first-order valence-corrected chi connectivity index (χ1v) is 4.43. The van der Waals surface area contributed by atoms with Crippen molar-refractivity contribution in [1.29, 1.82) is 5.26 Å². The van der Waals surface area contributed by atoms with Crippen molar-refractivity contribution < 1.29 is 23.4 Å². The number of nitrogen functional groups attached to an aromatic ring is 1. The van der Waals surface area contributed by atoms with Gasteiger partial charge in [0.2, 0.25) is 0 Å². The van der Waals surface area contributed by atoms with E-state index >= 15 is 0 Å². The van der Waals surface area contributed by atoms with E-state index in [0.29, 0.717) is 0 Å². The summed E-state index contributed by atoms with van der Waals surface area (Å²) in [5.74, 6) is -1.48. The molecule has 0 unspecified atom stereocenters. The first kappa shape index (κ1) is 12.7. The maximum Gasteiger partial charge on any atom is 0.387 e. The van der Waals surface area contributed by atoms with Crippen LogP contribution >= 0.6 is 0 Å². The normalized spacial score (nSPS) is 10.0. The number of benzene rings is 1. The van der Waals surface area contributed by atoms with Gasteiger partial charge in [-0.2, -0.15) is 14.0 Å². The van der Waals surface area contributed by atoms with E-state index in [2.05, 4.69) is 4.74 Å². The fourth-order valence-corrected chi connectivity index (χ4v) is 1.26. The van der Waals surface area contributed by atoms with Gasteiger partial charge in [-0.15, -0.1) is 0 Å². The number of hydrogen-bond acceptors (Lipinski definition) is 4. The molecule has 0 atom stereocenters. The predicted molar refractivity (Wildman–Crippen MR) is 53.5 cm³/mol. The molecule has 0 aliphatic rings. The predicted octanol–water partition coefficient (Wildman–Crippen LogP) is 1.37. The minimum absolute atomic E-state index is 0.0449. The van der Waals surface area contributed by atoms with Gasteiger partial charge in [0, 0.05) is 6.07 Å². The summed E-state index contributed by atoms with van der Waals surface area (Å²) >= 11 is 0. The van der Waals surface area contributed by atoms with E-state index in [1.165, 1.54) is 0 Å². The summed E-state index contributed by atoms with van der Waals surface area (Å²) in [5.41, 5.74) is 5.43. The quantitative estimate of drug-likeness (QED) is 0.777. The van der Waals surface area contributed by atoms with Gasteiger partial charge in [0.25, 0.3) is 0 Å². The Bertz CT molecular complexity index is 483. The summed E-state index contributed by atoms with van der Waals surface area (Å²) in [6.07, 6.45) is -0.471. The molecular formula is C10H8F2N2O3. The largest absolute Gasteiger partial charge is 0.481 e. The van der Waals surface area contributed by atoms with Crippen LogP contribution in [-0.4, -0.2) is 17.7 Å². The van der Waals surface area contributed by atoms with Crippen molar-refractivity contribution in [2.24, 2.45) is 0 Å². The fraction of sp³-hybridized carbons (Fsp3) is 0.200. The third-order valence-electron chi connectivity index (χ3n) is 1.93. The van der Waals surface area contributed by atoms with Crippen molar-refractivity contribution in [3.63, 3.8) is 0 Å². The number of carbonyl (C=O) groups is 1. The molecule has 0 aliphatic carbocycles. The highest BCUT2D eigenvalue weighted by Crippen LogP contribution is 2.26. The van der Waals surface area contributed by atoms with E-state index in [1.807, 2.05) is 0 Å². The van der Waals surface area contributed by atoms with E-state index in [0.717, 1.165) is 12.1 Å². The van der Waals surface area contributed by atoms with Gasteiger partial charge in [-0.1, -0.05) is 0 Å². The van der Waals surface area contributed by atoms with Crippen LogP contribution in [0.4, 0.5) is 14.5 Å². The molecule has 5 nitrogen and oxygen atoms in total. The molecule has 0 aromatic heterocycles. The lowest BCUT2D eigenvalue weighted by atomic mass is 10.0. The van der Waals surface area contributed by atoms with Crippen LogP contribution in [-0.2, 0) is 11.2 Å². The Labute approximate surface area is 95.0 Å². The molecule has 1 aromatic rings. The van der Waals surface area contributed by atoms with Crippen LogP contribution in [0.2, 0.25) is 0 Å². The van der Waals surface area contributed by atoms with Gasteiger partial charge in [0.05, 0.1) is 17.7 Å². The average Bonchev–Trinajstić information content (AvgIpc) is 2.21. The number of carboxylic acids is 1. The second-order valence-electron chi connectivity index (χ2n) is 3.10. The SMILES string of the molecule is N#Cc1cc(OC(F)F)cc(CC(=O)O)c1N. The Morgan fingerprint density at radius 2 is 2.24 bits per heavy atom. The minimum atomic E-state index is -3.05. The Balaban J connectivity index is 3.19. The molecule has 0 saturated heterocycles. The van der Waals surface area contributed by atoms with Crippen LogP contribution in [0.25, 0.3) is 0 Å². The molecule has 0 fully saturated rings. The van der Waals surface area contributed by atoms with Crippen molar-refractivity contribution in [2.75, 3.05) is 5.73 Å². The second-order valence-corrected chi connectivity index (χ2v) is 3.10. The molecule has 17 heavy (non-hydrogen) atoms.